The Kier molecular flexibility index (Phi) is 5.11. The van der Waals surface area contributed by atoms with E-state index >= 15 is 0 Å². The van der Waals surface area contributed by atoms with Gasteiger partial charge in [0.2, 0.25) is 0 Å². The Hall–Kier alpha value is -2.31. The van der Waals surface area contributed by atoms with Crippen LogP contribution in [0, 0.1) is 18.6 Å². The number of hydrogen-bond donors (Lipinski definition) is 0. The van der Waals surface area contributed by atoms with Crippen molar-refractivity contribution in [2.75, 3.05) is 7.05 Å². The molecule has 0 radical (unpaired) electrons. The van der Waals surface area contributed by atoms with Gasteiger partial charge >= 0.3 is 0 Å². The molecule has 5 nitrogen and oxygen atoms in total. The zero-order valence-electron chi connectivity index (χ0n) is 15.1. The van der Waals surface area contributed by atoms with Gasteiger partial charge in [0.05, 0.1) is 6.67 Å². The van der Waals surface area contributed by atoms with Crippen molar-refractivity contribution < 1.29 is 0 Å². The van der Waals surface area contributed by atoms with Gasteiger partial charge in [-0.3, -0.25) is 9.88 Å². The molecule has 0 bridgehead atoms. The van der Waals surface area contributed by atoms with Crippen LogP contribution in [0.15, 0.2) is 42.7 Å². The van der Waals surface area contributed by atoms with Gasteiger partial charge < -0.3 is 4.57 Å². The first-order valence-electron chi connectivity index (χ1n) is 8.24. The maximum atomic E-state index is 5.56. The first-order chi connectivity index (χ1) is 12.0. The molecular formula is C19H23N5S. The van der Waals surface area contributed by atoms with E-state index in [1.165, 1.54) is 16.7 Å². The molecule has 0 amide bonds. The topological polar surface area (TPSA) is 38.9 Å². The van der Waals surface area contributed by atoms with E-state index in [1.54, 1.807) is 12.4 Å². The molecular weight excluding hydrogens is 330 g/mol. The molecule has 0 fully saturated rings. The average Bonchev–Trinajstić information content (AvgIpc) is 2.87. The number of rotatable bonds is 5. The monoisotopic (exact) mass is 353 g/mol. The van der Waals surface area contributed by atoms with Gasteiger partial charge in [-0.25, -0.2) is 4.68 Å². The van der Waals surface area contributed by atoms with Crippen molar-refractivity contribution in [1.82, 2.24) is 24.2 Å². The Balaban J connectivity index is 1.80. The molecule has 2 heterocycles. The fourth-order valence-electron chi connectivity index (χ4n) is 2.93. The van der Waals surface area contributed by atoms with Crippen LogP contribution in [-0.4, -0.2) is 31.3 Å². The summed E-state index contributed by atoms with van der Waals surface area (Å²) < 4.78 is 4.52. The minimum atomic E-state index is 0.644. The van der Waals surface area contributed by atoms with Crippen LogP contribution in [-0.2, 0) is 20.3 Å². The summed E-state index contributed by atoms with van der Waals surface area (Å²) in [5.74, 6) is 0.854. The third kappa shape index (κ3) is 3.86. The largest absolute Gasteiger partial charge is 0.303 e. The van der Waals surface area contributed by atoms with Crippen molar-refractivity contribution >= 4 is 12.2 Å². The van der Waals surface area contributed by atoms with Gasteiger partial charge in [-0.05, 0) is 56.4 Å². The van der Waals surface area contributed by atoms with E-state index in [0.29, 0.717) is 11.4 Å². The SMILES string of the molecule is Cc1ccc(CN(C)Cn2nc(-c3ccncc3)n(C)c2=S)c(C)c1. The summed E-state index contributed by atoms with van der Waals surface area (Å²) in [7, 11) is 4.04. The zero-order chi connectivity index (χ0) is 18.0. The lowest BCUT2D eigenvalue weighted by Gasteiger charge is -2.18. The van der Waals surface area contributed by atoms with E-state index < -0.39 is 0 Å². The fraction of sp³-hybridized carbons (Fsp3) is 0.316. The van der Waals surface area contributed by atoms with Gasteiger partial charge in [0.15, 0.2) is 10.6 Å². The van der Waals surface area contributed by atoms with Crippen molar-refractivity contribution in [3.05, 3.63) is 64.2 Å². The van der Waals surface area contributed by atoms with E-state index in [0.717, 1.165) is 17.9 Å². The average molecular weight is 353 g/mol. The Labute approximate surface area is 153 Å². The van der Waals surface area contributed by atoms with Gasteiger partial charge in [-0.2, -0.15) is 5.10 Å². The molecule has 1 aromatic carbocycles. The molecule has 0 saturated heterocycles. The van der Waals surface area contributed by atoms with Crippen molar-refractivity contribution in [1.29, 1.82) is 0 Å². The van der Waals surface area contributed by atoms with Crippen molar-refractivity contribution in [3.8, 4) is 11.4 Å². The molecule has 3 rings (SSSR count). The van der Waals surface area contributed by atoms with E-state index in [1.807, 2.05) is 28.4 Å². The van der Waals surface area contributed by atoms with Gasteiger partial charge in [-0.1, -0.05) is 23.8 Å². The predicted molar refractivity (Wildman–Crippen MR) is 103 cm³/mol. The maximum Gasteiger partial charge on any atom is 0.199 e. The number of aryl methyl sites for hydroxylation is 2. The molecule has 0 aliphatic rings. The normalized spacial score (nSPS) is 11.2. The van der Waals surface area contributed by atoms with Crippen LogP contribution in [0.3, 0.4) is 0 Å². The lowest BCUT2D eigenvalue weighted by molar-refractivity contribution is 0.243. The van der Waals surface area contributed by atoms with Crippen LogP contribution >= 0.6 is 12.2 Å². The van der Waals surface area contributed by atoms with E-state index in [9.17, 15) is 0 Å². The molecule has 0 aliphatic carbocycles. The third-order valence-corrected chi connectivity index (χ3v) is 4.78. The summed E-state index contributed by atoms with van der Waals surface area (Å²) in [4.78, 5) is 6.28. The molecule has 130 valence electrons. The zero-order valence-corrected chi connectivity index (χ0v) is 15.9. The quantitative estimate of drug-likeness (QED) is 0.655. The second-order valence-corrected chi connectivity index (χ2v) is 6.85. The Morgan fingerprint density at radius 2 is 1.84 bits per heavy atom. The second kappa shape index (κ2) is 7.29. The first-order valence-corrected chi connectivity index (χ1v) is 8.65. The smallest absolute Gasteiger partial charge is 0.199 e. The van der Waals surface area contributed by atoms with E-state index in [-0.39, 0.29) is 0 Å². The van der Waals surface area contributed by atoms with Gasteiger partial charge in [0, 0.05) is 31.5 Å². The molecule has 0 saturated carbocycles. The van der Waals surface area contributed by atoms with Gasteiger partial charge in [0.1, 0.15) is 0 Å². The second-order valence-electron chi connectivity index (χ2n) is 6.49. The van der Waals surface area contributed by atoms with E-state index in [2.05, 4.69) is 49.0 Å². The Morgan fingerprint density at radius 1 is 1.12 bits per heavy atom. The number of pyridine rings is 1. The summed E-state index contributed by atoms with van der Waals surface area (Å²) in [6, 6.07) is 10.5. The number of aromatic nitrogens is 4. The predicted octanol–water partition coefficient (Wildman–Crippen LogP) is 3.72. The minimum Gasteiger partial charge on any atom is -0.303 e. The lowest BCUT2D eigenvalue weighted by atomic mass is 10.1. The summed E-state index contributed by atoms with van der Waals surface area (Å²) >= 11 is 5.56. The number of benzene rings is 1. The molecule has 0 atom stereocenters. The van der Waals surface area contributed by atoms with Gasteiger partial charge in [-0.15, -0.1) is 0 Å². The van der Waals surface area contributed by atoms with Crippen molar-refractivity contribution in [2.45, 2.75) is 27.1 Å². The highest BCUT2D eigenvalue weighted by Crippen LogP contribution is 2.17. The van der Waals surface area contributed by atoms with Crippen LogP contribution in [0.5, 0.6) is 0 Å². The van der Waals surface area contributed by atoms with Crippen LogP contribution in [0.4, 0.5) is 0 Å². The summed E-state index contributed by atoms with van der Waals surface area (Å²) in [5.41, 5.74) is 4.94. The van der Waals surface area contributed by atoms with E-state index in [4.69, 9.17) is 17.3 Å². The molecule has 0 unspecified atom stereocenters. The Morgan fingerprint density at radius 3 is 2.52 bits per heavy atom. The van der Waals surface area contributed by atoms with Crippen LogP contribution < -0.4 is 0 Å². The Bertz CT molecular complexity index is 927. The fourth-order valence-corrected chi connectivity index (χ4v) is 3.11. The number of nitrogens with zero attached hydrogens (tertiary/aromatic N) is 5. The van der Waals surface area contributed by atoms with Gasteiger partial charge in [0.25, 0.3) is 0 Å². The minimum absolute atomic E-state index is 0.644. The summed E-state index contributed by atoms with van der Waals surface area (Å²) in [5, 5.41) is 4.70. The highest BCUT2D eigenvalue weighted by molar-refractivity contribution is 7.71. The van der Waals surface area contributed by atoms with Crippen molar-refractivity contribution in [2.24, 2.45) is 7.05 Å². The summed E-state index contributed by atoms with van der Waals surface area (Å²) in [6.45, 7) is 5.78. The lowest BCUT2D eigenvalue weighted by Crippen LogP contribution is -2.23. The van der Waals surface area contributed by atoms with Crippen LogP contribution in [0.25, 0.3) is 11.4 Å². The number of hydrogen-bond acceptors (Lipinski definition) is 4. The summed E-state index contributed by atoms with van der Waals surface area (Å²) in [6.07, 6.45) is 3.54. The highest BCUT2D eigenvalue weighted by Gasteiger charge is 2.12. The van der Waals surface area contributed by atoms with Crippen LogP contribution in [0.1, 0.15) is 16.7 Å². The molecule has 25 heavy (non-hydrogen) atoms. The molecule has 3 aromatic rings. The molecule has 0 spiro atoms. The first kappa shape index (κ1) is 17.5. The molecule has 2 aromatic heterocycles. The highest BCUT2D eigenvalue weighted by atomic mass is 32.1. The molecule has 0 N–H and O–H groups in total. The van der Waals surface area contributed by atoms with Crippen molar-refractivity contribution in [3.63, 3.8) is 0 Å². The molecule has 0 aliphatic heterocycles. The molecule has 6 heteroatoms. The standard InChI is InChI=1S/C19H23N5S/c1-14-5-6-17(15(2)11-14)12-22(3)13-24-19(25)23(4)18(21-24)16-7-9-20-10-8-16/h5-11H,12-13H2,1-4H3. The van der Waals surface area contributed by atoms with Crippen LogP contribution in [0.2, 0.25) is 0 Å². The maximum absolute atomic E-state index is 5.56. The third-order valence-electron chi connectivity index (χ3n) is 4.29.